The Kier molecular flexibility index (Phi) is 4.08. The van der Waals surface area contributed by atoms with Crippen LogP contribution >= 0.6 is 0 Å². The molecule has 5 rings (SSSR count). The first-order valence-corrected chi connectivity index (χ1v) is 11.6. The van der Waals surface area contributed by atoms with Crippen LogP contribution in [0, 0.1) is 4.78 Å². The fourth-order valence-electron chi connectivity index (χ4n) is 4.99. The molecule has 4 N–H and O–H groups in total. The number of nitrogens with one attached hydrogen (secondary N) is 2. The summed E-state index contributed by atoms with van der Waals surface area (Å²) in [5.41, 5.74) is 3.86. The molecule has 0 saturated carbocycles. The molecule has 2 aromatic rings. The molecule has 1 aromatic carbocycles. The van der Waals surface area contributed by atoms with E-state index in [2.05, 4.69) is 16.5 Å². The number of nitrogens with zero attached hydrogens (tertiary/aromatic N) is 2. The average Bonchev–Trinajstić information content (AvgIpc) is 3.35. The van der Waals surface area contributed by atoms with Gasteiger partial charge in [-0.1, -0.05) is 6.07 Å². The molecule has 30 heavy (non-hydrogen) atoms. The third-order valence-electron chi connectivity index (χ3n) is 6.27. The van der Waals surface area contributed by atoms with Crippen LogP contribution in [-0.2, 0) is 40.4 Å². The van der Waals surface area contributed by atoms with E-state index in [9.17, 15) is 13.4 Å². The summed E-state index contributed by atoms with van der Waals surface area (Å²) in [6.45, 7) is 3.46. The first kappa shape index (κ1) is 19.5. The van der Waals surface area contributed by atoms with E-state index in [-0.39, 0.29) is 16.7 Å². The van der Waals surface area contributed by atoms with Gasteiger partial charge in [-0.2, -0.15) is 5.10 Å². The molecule has 2 aliphatic carbocycles. The molecule has 0 radical (unpaired) electrons. The number of aromatic nitrogens is 2. The first-order chi connectivity index (χ1) is 14.1. The van der Waals surface area contributed by atoms with E-state index >= 15 is 0 Å². The second-order valence-electron chi connectivity index (χ2n) is 8.84. The maximum atomic E-state index is 14.2. The third-order valence-corrected chi connectivity index (χ3v) is 7.20. The van der Waals surface area contributed by atoms with E-state index in [4.69, 9.17) is 14.7 Å². The van der Waals surface area contributed by atoms with Crippen LogP contribution in [0.15, 0.2) is 17.2 Å². The van der Waals surface area contributed by atoms with Gasteiger partial charge < -0.3 is 10.1 Å². The fraction of sp³-hybridized carbons (Fsp3) is 0.500. The van der Waals surface area contributed by atoms with Crippen molar-refractivity contribution in [2.24, 2.45) is 5.14 Å². The fourth-order valence-corrected chi connectivity index (χ4v) is 5.59. The Labute approximate surface area is 174 Å². The van der Waals surface area contributed by atoms with Crippen LogP contribution in [0.3, 0.4) is 0 Å². The van der Waals surface area contributed by atoms with Gasteiger partial charge in [0.25, 0.3) is 5.91 Å². The lowest BCUT2D eigenvalue weighted by Crippen LogP contribution is -2.41. The molecule has 0 saturated heterocycles. The van der Waals surface area contributed by atoms with E-state index in [0.29, 0.717) is 12.8 Å². The summed E-state index contributed by atoms with van der Waals surface area (Å²) in [6.07, 6.45) is 3.76. The molecule has 160 valence electrons. The summed E-state index contributed by atoms with van der Waals surface area (Å²) < 4.78 is 41.1. The Morgan fingerprint density at radius 3 is 2.87 bits per heavy atom. The Balaban J connectivity index is 1.55. The maximum Gasteiger partial charge on any atom is 0.253 e. The number of aryl methyl sites for hydroxylation is 1. The van der Waals surface area contributed by atoms with Crippen LogP contribution in [-0.4, -0.2) is 31.7 Å². The van der Waals surface area contributed by atoms with Crippen molar-refractivity contribution >= 4 is 21.5 Å². The monoisotopic (exact) mass is 433 g/mol. The van der Waals surface area contributed by atoms with Gasteiger partial charge in [0.1, 0.15) is 26.6 Å². The van der Waals surface area contributed by atoms with Gasteiger partial charge in [-0.25, -0.2) is 23.2 Å². The lowest BCUT2D eigenvalue weighted by molar-refractivity contribution is -0.122. The van der Waals surface area contributed by atoms with E-state index in [0.717, 1.165) is 41.6 Å². The lowest BCUT2D eigenvalue weighted by Gasteiger charge is -2.26. The molecular formula is C20H24FN5O3S. The van der Waals surface area contributed by atoms with Crippen molar-refractivity contribution in [3.63, 3.8) is 0 Å². The van der Waals surface area contributed by atoms with Gasteiger partial charge in [0.15, 0.2) is 6.04 Å². The summed E-state index contributed by atoms with van der Waals surface area (Å²) in [5, 5.41) is 12.7. The smallest absolute Gasteiger partial charge is 0.253 e. The second kappa shape index (κ2) is 6.27. The van der Waals surface area contributed by atoms with Gasteiger partial charge >= 0.3 is 0 Å². The van der Waals surface area contributed by atoms with Crippen LogP contribution in [0.5, 0.6) is 5.88 Å². The van der Waals surface area contributed by atoms with Crippen molar-refractivity contribution < 1.29 is 18.1 Å². The number of rotatable bonds is 3. The van der Waals surface area contributed by atoms with Crippen molar-refractivity contribution in [1.82, 2.24) is 9.78 Å². The summed E-state index contributed by atoms with van der Waals surface area (Å²) in [7, 11) is -3.55. The van der Waals surface area contributed by atoms with Crippen molar-refractivity contribution in [1.29, 1.82) is 4.78 Å². The van der Waals surface area contributed by atoms with Gasteiger partial charge in [0.05, 0.1) is 6.20 Å². The molecule has 1 aliphatic heterocycles. The van der Waals surface area contributed by atoms with Gasteiger partial charge in [-0.05, 0) is 55.4 Å². The van der Waals surface area contributed by atoms with Crippen molar-refractivity contribution in [2.45, 2.75) is 68.7 Å². The number of ether oxygens (including phenoxy) is 1. The molecule has 1 amide bonds. The Hall–Kier alpha value is -2.46. The summed E-state index contributed by atoms with van der Waals surface area (Å²) >= 11 is 0. The van der Waals surface area contributed by atoms with Gasteiger partial charge in [0, 0.05) is 18.5 Å². The number of halogens is 1. The minimum atomic E-state index is -3.55. The van der Waals surface area contributed by atoms with Crippen molar-refractivity contribution in [2.75, 3.05) is 5.32 Å². The lowest BCUT2D eigenvalue weighted by atomic mass is 9.96. The SMILES string of the molecule is CC1(C)Oc2c(S(=N)(N)=O)cnn2C1C(=O)Nc1c2c(cc3c1C[C@H](F)C3)CCC2. The predicted octanol–water partition coefficient (Wildman–Crippen LogP) is 2.44. The topological polar surface area (TPSA) is 123 Å². The number of hydrogen-bond acceptors (Lipinski definition) is 5. The third kappa shape index (κ3) is 2.84. The number of benzene rings is 1. The first-order valence-electron chi connectivity index (χ1n) is 10.0. The normalized spacial score (nSPS) is 25.2. The quantitative estimate of drug-likeness (QED) is 0.688. The molecule has 2 heterocycles. The van der Waals surface area contributed by atoms with Crippen molar-refractivity contribution in [3.05, 3.63) is 34.5 Å². The van der Waals surface area contributed by atoms with E-state index in [1.807, 2.05) is 0 Å². The molecule has 2 unspecified atom stereocenters. The standard InChI is InChI=1S/C20H24FN5O3S/c1-20(2)17(26-19(29-20)15(9-24-26)30(22,23)28)18(27)25-16-13-5-3-4-10(13)6-11-7-12(21)8-14(11)16/h6,9,12,17H,3-5,7-8H2,1-2H3,(H,25,27)(H3,22,23,28)/t12-,17?/m1/s1. The number of amides is 1. The molecule has 0 bridgehead atoms. The van der Waals surface area contributed by atoms with E-state index < -0.39 is 27.7 Å². The minimum Gasteiger partial charge on any atom is -0.468 e. The van der Waals surface area contributed by atoms with Gasteiger partial charge in [0.2, 0.25) is 5.88 Å². The van der Waals surface area contributed by atoms with Crippen LogP contribution < -0.4 is 15.2 Å². The maximum absolute atomic E-state index is 14.2. The zero-order valence-electron chi connectivity index (χ0n) is 16.8. The molecule has 0 spiro atoms. The largest absolute Gasteiger partial charge is 0.468 e. The summed E-state index contributed by atoms with van der Waals surface area (Å²) in [5.74, 6) is -0.262. The van der Waals surface area contributed by atoms with Crippen LogP contribution in [0.2, 0.25) is 0 Å². The average molecular weight is 434 g/mol. The zero-order valence-corrected chi connectivity index (χ0v) is 17.6. The number of hydrogen-bond donors (Lipinski definition) is 3. The molecule has 0 fully saturated rings. The highest BCUT2D eigenvalue weighted by atomic mass is 32.2. The highest BCUT2D eigenvalue weighted by molar-refractivity contribution is 7.90. The Morgan fingerprint density at radius 1 is 1.37 bits per heavy atom. The Morgan fingerprint density at radius 2 is 2.13 bits per heavy atom. The number of alkyl halides is 1. The highest BCUT2D eigenvalue weighted by Crippen LogP contribution is 2.44. The van der Waals surface area contributed by atoms with Gasteiger partial charge in [-0.3, -0.25) is 4.79 Å². The summed E-state index contributed by atoms with van der Waals surface area (Å²) in [6, 6.07) is 1.25. The predicted molar refractivity (Wildman–Crippen MR) is 109 cm³/mol. The molecule has 3 aliphatic rings. The van der Waals surface area contributed by atoms with Crippen molar-refractivity contribution in [3.8, 4) is 5.88 Å². The number of nitrogens with two attached hydrogens (primary N) is 1. The molecule has 8 nitrogen and oxygen atoms in total. The zero-order chi connectivity index (χ0) is 21.4. The van der Waals surface area contributed by atoms with Crippen LogP contribution in [0.25, 0.3) is 0 Å². The number of anilines is 1. The second-order valence-corrected chi connectivity index (χ2v) is 10.5. The number of fused-ring (bicyclic) bond motifs is 3. The highest BCUT2D eigenvalue weighted by Gasteiger charge is 2.49. The molecule has 3 atom stereocenters. The molecule has 10 heteroatoms. The molecule has 1 aromatic heterocycles. The number of carbonyl (C=O) groups is 1. The minimum absolute atomic E-state index is 0.0346. The molecular weight excluding hydrogens is 409 g/mol. The van der Waals surface area contributed by atoms with Crippen LogP contribution in [0.1, 0.15) is 48.6 Å². The van der Waals surface area contributed by atoms with Crippen LogP contribution in [0.4, 0.5) is 10.1 Å². The summed E-state index contributed by atoms with van der Waals surface area (Å²) in [4.78, 5) is 13.4. The Bertz CT molecular complexity index is 1190. The number of carbonyl (C=O) groups excluding carboxylic acids is 1. The van der Waals surface area contributed by atoms with Gasteiger partial charge in [-0.15, -0.1) is 0 Å². The van der Waals surface area contributed by atoms with E-state index in [1.54, 1.807) is 13.8 Å². The van der Waals surface area contributed by atoms with E-state index in [1.165, 1.54) is 16.4 Å².